The lowest BCUT2D eigenvalue weighted by atomic mass is 9.75. The quantitative estimate of drug-likeness (QED) is 0.725. The van der Waals surface area contributed by atoms with Crippen molar-refractivity contribution in [2.24, 2.45) is 5.41 Å². The lowest BCUT2D eigenvalue weighted by molar-refractivity contribution is 0.0910. The first-order chi connectivity index (χ1) is 12.2. The summed E-state index contributed by atoms with van der Waals surface area (Å²) >= 11 is 0. The zero-order chi connectivity index (χ0) is 18.6. The third-order valence-corrected chi connectivity index (χ3v) is 4.88. The lowest BCUT2D eigenvalue weighted by Gasteiger charge is -2.28. The number of rotatable bonds is 2. The van der Waals surface area contributed by atoms with E-state index in [0.717, 1.165) is 17.7 Å². The molecule has 1 amide bonds. The Labute approximate surface area is 151 Å². The second kappa shape index (κ2) is 5.56. The first-order valence-corrected chi connectivity index (χ1v) is 8.67. The van der Waals surface area contributed by atoms with Crippen molar-refractivity contribution < 1.29 is 14.0 Å². The number of Topliss-reactive ketones (excluding diaryl/α,β-unsaturated/α-hetero) is 1. The van der Waals surface area contributed by atoms with Gasteiger partial charge in [0.1, 0.15) is 11.2 Å². The third kappa shape index (κ3) is 2.71. The maximum absolute atomic E-state index is 12.8. The van der Waals surface area contributed by atoms with E-state index < -0.39 is 0 Å². The predicted molar refractivity (Wildman–Crippen MR) is 98.7 cm³/mol. The van der Waals surface area contributed by atoms with Crippen molar-refractivity contribution in [3.8, 4) is 0 Å². The molecule has 0 aliphatic heterocycles. The van der Waals surface area contributed by atoms with E-state index in [9.17, 15) is 9.59 Å². The van der Waals surface area contributed by atoms with Gasteiger partial charge in [0, 0.05) is 30.3 Å². The number of H-pyrrole nitrogens is 1. The molecule has 1 aliphatic rings. The van der Waals surface area contributed by atoms with E-state index in [0.29, 0.717) is 40.4 Å². The summed E-state index contributed by atoms with van der Waals surface area (Å²) in [4.78, 5) is 32.7. The Balaban J connectivity index is 1.65. The SMILES string of the molecule is Cc1nc2cc(NC(=O)c3[nH]c4c(c3C)C(=O)CC(C)(C)C4)ccc2o1. The molecule has 0 saturated heterocycles. The van der Waals surface area contributed by atoms with Crippen molar-refractivity contribution in [1.29, 1.82) is 0 Å². The maximum Gasteiger partial charge on any atom is 0.272 e. The van der Waals surface area contributed by atoms with Gasteiger partial charge in [-0.2, -0.15) is 0 Å². The number of hydrogen-bond donors (Lipinski definition) is 2. The number of hydrogen-bond acceptors (Lipinski definition) is 4. The largest absolute Gasteiger partial charge is 0.441 e. The minimum atomic E-state index is -0.262. The molecule has 2 N–H and O–H groups in total. The Kier molecular flexibility index (Phi) is 3.54. The number of fused-ring (bicyclic) bond motifs is 2. The number of amides is 1. The Hall–Kier alpha value is -2.89. The van der Waals surface area contributed by atoms with Crippen LogP contribution in [0.4, 0.5) is 5.69 Å². The van der Waals surface area contributed by atoms with E-state index in [2.05, 4.69) is 29.1 Å². The Morgan fingerprint density at radius 3 is 2.81 bits per heavy atom. The number of carbonyl (C=O) groups is 2. The van der Waals surface area contributed by atoms with E-state index >= 15 is 0 Å². The molecule has 6 heteroatoms. The normalized spacial score (nSPS) is 15.9. The molecule has 0 saturated carbocycles. The predicted octanol–water partition coefficient (Wildman–Crippen LogP) is 4.18. The molecule has 1 aliphatic carbocycles. The van der Waals surface area contributed by atoms with Crippen LogP contribution in [0.3, 0.4) is 0 Å². The topological polar surface area (TPSA) is 88.0 Å². The van der Waals surface area contributed by atoms with Crippen molar-refractivity contribution in [2.75, 3.05) is 5.32 Å². The van der Waals surface area contributed by atoms with Crippen LogP contribution in [0.2, 0.25) is 0 Å². The van der Waals surface area contributed by atoms with E-state index in [1.807, 2.05) is 6.92 Å². The summed E-state index contributed by atoms with van der Waals surface area (Å²) < 4.78 is 5.45. The average molecular weight is 351 g/mol. The monoisotopic (exact) mass is 351 g/mol. The second-order valence-electron chi connectivity index (χ2n) is 7.79. The van der Waals surface area contributed by atoms with Gasteiger partial charge < -0.3 is 14.7 Å². The smallest absolute Gasteiger partial charge is 0.272 e. The summed E-state index contributed by atoms with van der Waals surface area (Å²) in [6.07, 6.45) is 1.26. The zero-order valence-electron chi connectivity index (χ0n) is 15.3. The molecule has 0 radical (unpaired) electrons. The molecule has 0 atom stereocenters. The van der Waals surface area contributed by atoms with Gasteiger partial charge >= 0.3 is 0 Å². The number of carbonyl (C=O) groups excluding carboxylic acids is 2. The van der Waals surface area contributed by atoms with Gasteiger partial charge in [-0.15, -0.1) is 0 Å². The minimum Gasteiger partial charge on any atom is -0.441 e. The zero-order valence-corrected chi connectivity index (χ0v) is 15.3. The van der Waals surface area contributed by atoms with Crippen LogP contribution in [0.25, 0.3) is 11.1 Å². The van der Waals surface area contributed by atoms with Gasteiger partial charge in [0.25, 0.3) is 5.91 Å². The average Bonchev–Trinajstić information content (AvgIpc) is 3.04. The molecule has 4 rings (SSSR count). The molecule has 0 bridgehead atoms. The van der Waals surface area contributed by atoms with Crippen LogP contribution < -0.4 is 5.32 Å². The first kappa shape index (κ1) is 16.6. The van der Waals surface area contributed by atoms with Gasteiger partial charge in [-0.1, -0.05) is 13.8 Å². The van der Waals surface area contributed by atoms with Gasteiger partial charge in [-0.25, -0.2) is 4.98 Å². The van der Waals surface area contributed by atoms with Gasteiger partial charge in [-0.05, 0) is 42.5 Å². The highest BCUT2D eigenvalue weighted by Gasteiger charge is 2.35. The van der Waals surface area contributed by atoms with Crippen LogP contribution in [0.1, 0.15) is 58.3 Å². The van der Waals surface area contributed by atoms with Crippen molar-refractivity contribution >= 4 is 28.5 Å². The molecule has 1 aromatic carbocycles. The van der Waals surface area contributed by atoms with Gasteiger partial charge in [-0.3, -0.25) is 9.59 Å². The fourth-order valence-corrected chi connectivity index (χ4v) is 3.77. The summed E-state index contributed by atoms with van der Waals surface area (Å²) in [6, 6.07) is 5.33. The number of anilines is 1. The molecule has 3 aromatic rings. The molecule has 2 aromatic heterocycles. The maximum atomic E-state index is 12.8. The Morgan fingerprint density at radius 2 is 2.04 bits per heavy atom. The number of aromatic nitrogens is 2. The van der Waals surface area contributed by atoms with Crippen LogP contribution >= 0.6 is 0 Å². The van der Waals surface area contributed by atoms with E-state index in [4.69, 9.17) is 4.42 Å². The molecule has 6 nitrogen and oxygen atoms in total. The molecule has 0 fully saturated rings. The molecule has 0 spiro atoms. The summed E-state index contributed by atoms with van der Waals surface area (Å²) in [6.45, 7) is 7.74. The fraction of sp³-hybridized carbons (Fsp3) is 0.350. The fourth-order valence-electron chi connectivity index (χ4n) is 3.77. The Morgan fingerprint density at radius 1 is 1.27 bits per heavy atom. The minimum absolute atomic E-state index is 0.0923. The standard InChI is InChI=1S/C20H21N3O3/c1-10-17-14(8-20(3,4)9-15(17)24)23-18(10)19(25)22-12-5-6-16-13(7-12)21-11(2)26-16/h5-7,23H,8-9H2,1-4H3,(H,22,25). The van der Waals surface area contributed by atoms with Crippen molar-refractivity contribution in [2.45, 2.75) is 40.5 Å². The summed E-state index contributed by atoms with van der Waals surface area (Å²) in [5.41, 5.74) is 4.61. The van der Waals surface area contributed by atoms with Gasteiger partial charge in [0.2, 0.25) is 0 Å². The lowest BCUT2D eigenvalue weighted by Crippen LogP contribution is -2.26. The number of aromatic amines is 1. The van der Waals surface area contributed by atoms with E-state index in [-0.39, 0.29) is 17.1 Å². The molecule has 2 heterocycles. The molecule has 26 heavy (non-hydrogen) atoms. The summed E-state index contributed by atoms with van der Waals surface area (Å²) in [5.74, 6) is 0.420. The van der Waals surface area contributed by atoms with Crippen LogP contribution in [-0.4, -0.2) is 21.7 Å². The number of benzene rings is 1. The summed E-state index contributed by atoms with van der Waals surface area (Å²) in [7, 11) is 0. The Bertz CT molecular complexity index is 1060. The number of ketones is 1. The van der Waals surface area contributed by atoms with Gasteiger partial charge in [0.15, 0.2) is 17.3 Å². The highest BCUT2D eigenvalue weighted by Crippen LogP contribution is 2.36. The summed E-state index contributed by atoms with van der Waals surface area (Å²) in [5, 5.41) is 2.88. The number of nitrogens with one attached hydrogen (secondary N) is 2. The number of aryl methyl sites for hydroxylation is 1. The number of oxazole rings is 1. The van der Waals surface area contributed by atoms with Crippen molar-refractivity contribution in [1.82, 2.24) is 9.97 Å². The third-order valence-electron chi connectivity index (χ3n) is 4.88. The molecule has 0 unspecified atom stereocenters. The van der Waals surface area contributed by atoms with Crippen molar-refractivity contribution in [3.63, 3.8) is 0 Å². The highest BCUT2D eigenvalue weighted by molar-refractivity contribution is 6.09. The highest BCUT2D eigenvalue weighted by atomic mass is 16.3. The van der Waals surface area contributed by atoms with Crippen LogP contribution in [0.5, 0.6) is 0 Å². The molecule has 134 valence electrons. The number of nitrogens with zero attached hydrogens (tertiary/aromatic N) is 1. The van der Waals surface area contributed by atoms with Crippen LogP contribution in [0.15, 0.2) is 22.6 Å². The second-order valence-corrected chi connectivity index (χ2v) is 7.79. The molecular weight excluding hydrogens is 330 g/mol. The molecular formula is C20H21N3O3. The van der Waals surface area contributed by atoms with E-state index in [1.165, 1.54) is 0 Å². The first-order valence-electron chi connectivity index (χ1n) is 8.67. The van der Waals surface area contributed by atoms with Crippen molar-refractivity contribution in [3.05, 3.63) is 46.6 Å². The van der Waals surface area contributed by atoms with Crippen LogP contribution in [0, 0.1) is 19.3 Å². The van der Waals surface area contributed by atoms with Crippen LogP contribution in [-0.2, 0) is 6.42 Å². The van der Waals surface area contributed by atoms with E-state index in [1.54, 1.807) is 25.1 Å². The van der Waals surface area contributed by atoms with Gasteiger partial charge in [0.05, 0.1) is 0 Å².